The summed E-state index contributed by atoms with van der Waals surface area (Å²) in [5, 5.41) is 2.38. The maximum Gasteiger partial charge on any atom is 0.398 e. The Kier molecular flexibility index (Phi) is 12.4. The molecule has 2 fully saturated rings. The van der Waals surface area contributed by atoms with Crippen LogP contribution in [-0.2, 0) is 14.4 Å². The summed E-state index contributed by atoms with van der Waals surface area (Å²) in [6.45, 7) is 7.57. The predicted molar refractivity (Wildman–Crippen MR) is 165 cm³/mol. The van der Waals surface area contributed by atoms with E-state index in [0.29, 0.717) is 38.9 Å². The number of halogens is 8. The van der Waals surface area contributed by atoms with Crippen LogP contribution in [-0.4, -0.2) is 71.1 Å². The van der Waals surface area contributed by atoms with E-state index in [0.717, 1.165) is 29.2 Å². The van der Waals surface area contributed by atoms with Gasteiger partial charge < -0.3 is 5.32 Å². The molecule has 0 radical (unpaired) electrons. The molecule has 1 N–H and O–H groups in total. The van der Waals surface area contributed by atoms with E-state index in [-0.39, 0.29) is 34.0 Å². The number of anilines is 2. The van der Waals surface area contributed by atoms with Gasteiger partial charge in [-0.15, -0.1) is 23.5 Å². The lowest BCUT2D eigenvalue weighted by Crippen LogP contribution is -2.45. The topological polar surface area (TPSA) is 107 Å². The molecule has 0 aromatic heterocycles. The summed E-state index contributed by atoms with van der Waals surface area (Å²) in [5.41, 5.74) is -0.214. The zero-order valence-electron chi connectivity index (χ0n) is 26.5. The summed E-state index contributed by atoms with van der Waals surface area (Å²) in [7, 11) is 0. The lowest BCUT2D eigenvalue weighted by Gasteiger charge is -2.19. The van der Waals surface area contributed by atoms with Crippen molar-refractivity contribution < 1.29 is 59.1 Å². The van der Waals surface area contributed by atoms with Crippen molar-refractivity contribution in [1.29, 1.82) is 0 Å². The molecule has 2 aromatic carbocycles. The molecule has 4 rings (SSSR count). The van der Waals surface area contributed by atoms with Crippen molar-refractivity contribution in [1.82, 2.24) is 10.2 Å². The van der Waals surface area contributed by atoms with Crippen LogP contribution in [0.2, 0.25) is 0 Å². The number of hydrogen-bond donors (Lipinski definition) is 1. The molecule has 2 unspecified atom stereocenters. The third kappa shape index (κ3) is 9.43. The molecular formula is C30H30F8N4O5S2. The highest BCUT2D eigenvalue weighted by Crippen LogP contribution is 2.37. The fraction of sp³-hybridized carbons (Fsp3) is 0.433. The maximum atomic E-state index is 14.4. The van der Waals surface area contributed by atoms with E-state index < -0.39 is 82.9 Å². The zero-order chi connectivity index (χ0) is 37.2. The van der Waals surface area contributed by atoms with Gasteiger partial charge in [0.1, 0.15) is 17.7 Å². The summed E-state index contributed by atoms with van der Waals surface area (Å²) in [6, 6.07) is 1.10. The largest absolute Gasteiger partial charge is 0.398 e. The number of benzene rings is 2. The molecule has 2 aliphatic heterocycles. The van der Waals surface area contributed by atoms with Crippen molar-refractivity contribution >= 4 is 64.7 Å². The van der Waals surface area contributed by atoms with Crippen LogP contribution in [0.1, 0.15) is 38.3 Å². The highest BCUT2D eigenvalue weighted by atomic mass is 32.2. The molecule has 2 heterocycles. The van der Waals surface area contributed by atoms with Crippen LogP contribution >= 0.6 is 23.5 Å². The summed E-state index contributed by atoms with van der Waals surface area (Å²) in [4.78, 5) is 62.8. The molecule has 2 aromatic rings. The molecular weight excluding hydrogens is 712 g/mol. The van der Waals surface area contributed by atoms with Gasteiger partial charge in [0.15, 0.2) is 0 Å². The number of rotatable bonds is 7. The normalized spacial score (nSPS) is 18.3. The van der Waals surface area contributed by atoms with E-state index >= 15 is 0 Å². The van der Waals surface area contributed by atoms with Gasteiger partial charge in [-0.1, -0.05) is 6.92 Å². The first-order valence-corrected chi connectivity index (χ1v) is 16.4. The summed E-state index contributed by atoms with van der Waals surface area (Å²) in [5.74, 6) is -6.58. The summed E-state index contributed by atoms with van der Waals surface area (Å²) >= 11 is 0.918. The fourth-order valence-corrected chi connectivity index (χ4v) is 6.28. The smallest absolute Gasteiger partial charge is 0.338 e. The van der Waals surface area contributed by atoms with Gasteiger partial charge in [-0.2, -0.15) is 26.3 Å². The first-order valence-electron chi connectivity index (χ1n) is 14.4. The van der Waals surface area contributed by atoms with E-state index in [2.05, 4.69) is 5.32 Å². The van der Waals surface area contributed by atoms with Crippen LogP contribution < -0.4 is 15.1 Å². The molecule has 0 spiro atoms. The Hall–Kier alpha value is -3.87. The van der Waals surface area contributed by atoms with Crippen LogP contribution in [0.5, 0.6) is 0 Å². The van der Waals surface area contributed by atoms with Crippen LogP contribution in [0.4, 0.5) is 56.1 Å². The Morgan fingerprint density at radius 3 is 1.63 bits per heavy atom. The molecule has 49 heavy (non-hydrogen) atoms. The lowest BCUT2D eigenvalue weighted by atomic mass is 10.1. The van der Waals surface area contributed by atoms with Gasteiger partial charge in [0.05, 0.1) is 22.9 Å². The van der Waals surface area contributed by atoms with E-state index in [1.165, 1.54) is 20.8 Å². The second kappa shape index (κ2) is 15.3. The van der Waals surface area contributed by atoms with E-state index in [4.69, 9.17) is 0 Å². The molecule has 0 aliphatic carbocycles. The Morgan fingerprint density at radius 1 is 0.796 bits per heavy atom. The minimum atomic E-state index is -4.44. The maximum absolute atomic E-state index is 14.4. The minimum absolute atomic E-state index is 0.0306. The minimum Gasteiger partial charge on any atom is -0.338 e. The highest BCUT2D eigenvalue weighted by molar-refractivity contribution is 7.99. The average Bonchev–Trinajstić information content (AvgIpc) is 3.35. The van der Waals surface area contributed by atoms with Gasteiger partial charge >= 0.3 is 24.4 Å². The molecule has 0 saturated carbocycles. The Morgan fingerprint density at radius 2 is 1.24 bits per heavy atom. The zero-order valence-corrected chi connectivity index (χ0v) is 28.1. The van der Waals surface area contributed by atoms with Gasteiger partial charge in [-0.25, -0.2) is 33.1 Å². The molecule has 0 bridgehead atoms. The van der Waals surface area contributed by atoms with E-state index in [1.807, 2.05) is 0 Å². The van der Waals surface area contributed by atoms with Crippen molar-refractivity contribution in [2.24, 2.45) is 5.92 Å². The Labute approximate surface area is 283 Å². The fourth-order valence-electron chi connectivity index (χ4n) is 4.68. The lowest BCUT2D eigenvalue weighted by molar-refractivity contribution is -0.122. The van der Waals surface area contributed by atoms with Crippen molar-refractivity contribution in [2.75, 3.05) is 27.9 Å². The van der Waals surface area contributed by atoms with Gasteiger partial charge in [0, 0.05) is 28.7 Å². The molecule has 7 amide bonds. The number of urea groups is 2. The number of hydrogen-bond acceptors (Lipinski definition) is 7. The number of alkyl halides is 6. The van der Waals surface area contributed by atoms with E-state index in [9.17, 15) is 59.1 Å². The number of nitrogens with zero attached hydrogens (tertiary/aromatic N) is 3. The Bertz CT molecular complexity index is 1650. The SMILES string of the molecule is CCNC(=O)N1C(=O)N(c2cc(SCC(F)(F)F)c(C)cc2F)C(=O)C1C.Cc1cc(F)c(N2C(=O)CC(C)C2=O)cc1SCC(F)(F)F. The second-order valence-corrected chi connectivity index (χ2v) is 13.0. The van der Waals surface area contributed by atoms with Crippen LogP contribution in [0.3, 0.4) is 0 Å². The van der Waals surface area contributed by atoms with Gasteiger partial charge in [-0.05, 0) is 63.1 Å². The number of carbonyl (C=O) groups excluding carboxylic acids is 5. The molecule has 9 nitrogen and oxygen atoms in total. The second-order valence-electron chi connectivity index (χ2n) is 11.0. The van der Waals surface area contributed by atoms with Crippen LogP contribution in [0.15, 0.2) is 34.1 Å². The standard InChI is InChI=1S/C16H17F4N3O3S.C14H13F4NO2S/c1-4-21-14(25)22-9(3)13(24)23(15(22)26)11-6-12(8(2)5-10(11)17)27-7-16(18,19)20;1-7-3-9(15)10(5-11(7)22-6-14(16,17)18)19-12(20)4-8(2)13(19)21/h5-6,9H,4,7H2,1-3H3,(H,21,25);3,5,8H,4,6H2,1-2H3. The monoisotopic (exact) mass is 742 g/mol. The number of aryl methyl sites for hydroxylation is 2. The number of carbonyl (C=O) groups is 5. The van der Waals surface area contributed by atoms with Gasteiger partial charge in [-0.3, -0.25) is 14.4 Å². The molecule has 19 heteroatoms. The summed E-state index contributed by atoms with van der Waals surface area (Å²) < 4.78 is 103. The predicted octanol–water partition coefficient (Wildman–Crippen LogP) is 7.36. The first-order chi connectivity index (χ1) is 22.6. The highest BCUT2D eigenvalue weighted by Gasteiger charge is 2.47. The van der Waals surface area contributed by atoms with Crippen LogP contribution in [0.25, 0.3) is 0 Å². The third-order valence-electron chi connectivity index (χ3n) is 7.03. The number of nitrogens with one attached hydrogen (secondary N) is 1. The van der Waals surface area contributed by atoms with E-state index in [1.54, 1.807) is 13.8 Å². The molecule has 2 atom stereocenters. The number of thioether (sulfide) groups is 2. The average molecular weight is 743 g/mol. The van der Waals surface area contributed by atoms with Gasteiger partial charge in [0.2, 0.25) is 11.8 Å². The Balaban J connectivity index is 0.000000271. The van der Waals surface area contributed by atoms with Crippen molar-refractivity contribution in [3.63, 3.8) is 0 Å². The quantitative estimate of drug-likeness (QED) is 0.137. The number of amides is 7. The van der Waals surface area contributed by atoms with Crippen molar-refractivity contribution in [2.45, 2.75) is 69.2 Å². The molecule has 2 aliphatic rings. The van der Waals surface area contributed by atoms with Gasteiger partial charge in [0.25, 0.3) is 5.91 Å². The molecule has 268 valence electrons. The first kappa shape index (κ1) is 39.6. The van der Waals surface area contributed by atoms with Crippen LogP contribution in [0, 0.1) is 31.4 Å². The third-order valence-corrected chi connectivity index (χ3v) is 9.48. The van der Waals surface area contributed by atoms with Crippen molar-refractivity contribution in [3.8, 4) is 0 Å². The molecule has 2 saturated heterocycles. The van der Waals surface area contributed by atoms with Crippen molar-refractivity contribution in [3.05, 3.63) is 47.0 Å². The number of imide groups is 3. The summed E-state index contributed by atoms with van der Waals surface area (Å²) in [6.07, 6.45) is -8.83.